The van der Waals surface area contributed by atoms with Crippen LogP contribution in [0.3, 0.4) is 0 Å². The van der Waals surface area contributed by atoms with Crippen LogP contribution in [-0.2, 0) is 22.5 Å². The fourth-order valence-electron chi connectivity index (χ4n) is 0.0497. The van der Waals surface area contributed by atoms with Crippen molar-refractivity contribution in [3.05, 3.63) is 4.13 Å². The lowest BCUT2D eigenvalue weighted by atomic mass is 13.9. The Balaban J connectivity index is 3.32. The molecule has 0 aromatic heterocycles. The Labute approximate surface area is 44.9 Å². The van der Waals surface area contributed by atoms with Gasteiger partial charge in [0.2, 0.25) is 0 Å². The van der Waals surface area contributed by atoms with Gasteiger partial charge >= 0.3 is 0 Å². The minimum Gasteiger partial charge on any atom is -0.788 e. The molecular formula is NO4S2-3. The summed E-state index contributed by atoms with van der Waals surface area (Å²) < 4.78 is 39.1. The maximum Gasteiger partial charge on any atom is -0.157 e. The zero-order chi connectivity index (χ0) is 5.86. The van der Waals surface area contributed by atoms with Gasteiger partial charge in [0.15, 0.2) is 0 Å². The normalized spacial score (nSPS) is 18.6. The van der Waals surface area contributed by atoms with E-state index in [1.54, 1.807) is 0 Å². The van der Waals surface area contributed by atoms with Crippen molar-refractivity contribution < 1.29 is 17.5 Å². The van der Waals surface area contributed by atoms with Crippen LogP contribution in [0.2, 0.25) is 0 Å². The molecule has 0 N–H and O–H groups in total. The Hall–Kier alpha value is 0.180. The number of rotatable bonds is 2. The fraction of sp³-hybridized carbons (Fsp3) is 0. The standard InChI is InChI=1S/H2NO4S2/c2-6(3)1-7(4)5/h(H,2,3)(H,4,5)/q-1/p-2. The van der Waals surface area contributed by atoms with E-state index in [2.05, 4.69) is 4.13 Å². The monoisotopic (exact) mass is 142 g/mol. The number of hydrogen-bond donors (Lipinski definition) is 0. The molecule has 0 fully saturated rings. The van der Waals surface area contributed by atoms with Gasteiger partial charge in [-0.2, -0.15) is 22.5 Å². The van der Waals surface area contributed by atoms with Gasteiger partial charge in [0.25, 0.3) is 0 Å². The summed E-state index contributed by atoms with van der Waals surface area (Å²) in [6, 6.07) is 0. The molecule has 0 saturated heterocycles. The van der Waals surface area contributed by atoms with Crippen LogP contribution in [0.25, 0.3) is 4.13 Å². The summed E-state index contributed by atoms with van der Waals surface area (Å²) in [6.45, 7) is 0. The van der Waals surface area contributed by atoms with E-state index in [1.807, 2.05) is 0 Å². The molecule has 7 heteroatoms. The molecule has 2 atom stereocenters. The summed E-state index contributed by atoms with van der Waals surface area (Å²) in [5.74, 6) is 0. The van der Waals surface area contributed by atoms with Crippen molar-refractivity contribution in [2.45, 2.75) is 0 Å². The van der Waals surface area contributed by atoms with E-state index in [9.17, 15) is 17.5 Å². The van der Waals surface area contributed by atoms with E-state index in [4.69, 9.17) is 0 Å². The molecule has 0 aromatic carbocycles. The molecule has 7 heavy (non-hydrogen) atoms. The number of hydrogen-bond acceptors (Lipinski definition) is 4. The summed E-state index contributed by atoms with van der Waals surface area (Å²) in [6.07, 6.45) is 0. The van der Waals surface area contributed by atoms with Gasteiger partial charge < -0.3 is 13.2 Å². The zero-order valence-corrected chi connectivity index (χ0v) is 4.53. The molecular weight excluding hydrogens is 142 g/mol. The first-order chi connectivity index (χ1) is 3.13. The van der Waals surface area contributed by atoms with E-state index in [-0.39, 0.29) is 0 Å². The van der Waals surface area contributed by atoms with Crippen molar-refractivity contribution in [3.63, 3.8) is 0 Å². The molecule has 0 aliphatic heterocycles. The van der Waals surface area contributed by atoms with E-state index in [0.717, 1.165) is 0 Å². The van der Waals surface area contributed by atoms with Crippen molar-refractivity contribution in [3.8, 4) is 0 Å². The van der Waals surface area contributed by atoms with Crippen LogP contribution in [0.5, 0.6) is 0 Å². The predicted molar refractivity (Wildman–Crippen MR) is 21.2 cm³/mol. The van der Waals surface area contributed by atoms with Crippen LogP contribution >= 0.6 is 0 Å². The molecule has 44 valence electrons. The summed E-state index contributed by atoms with van der Waals surface area (Å²) in [5, 5.41) is 0. The number of nitrogens with zero attached hydrogens (tertiary/aromatic N) is 1. The topological polar surface area (TPSA) is 94.4 Å². The van der Waals surface area contributed by atoms with Gasteiger partial charge in [-0.15, -0.1) is 0 Å². The lowest BCUT2D eigenvalue weighted by Crippen LogP contribution is -1.89. The summed E-state index contributed by atoms with van der Waals surface area (Å²) in [7, 11) is 0. The van der Waals surface area contributed by atoms with Gasteiger partial charge in [-0.1, -0.05) is 0 Å². The van der Waals surface area contributed by atoms with Crippen LogP contribution in [0, 0.1) is 0 Å². The van der Waals surface area contributed by atoms with Gasteiger partial charge in [0, 0.05) is 0 Å². The van der Waals surface area contributed by atoms with Crippen LogP contribution in [0.15, 0.2) is 0 Å². The average Bonchev–Trinajstić information content (AvgIpc) is 1.27. The van der Waals surface area contributed by atoms with Crippen molar-refractivity contribution >= 4 is 22.5 Å². The highest BCUT2D eigenvalue weighted by molar-refractivity contribution is 8.00. The predicted octanol–water partition coefficient (Wildman–Crippen LogP) is -1.05. The molecule has 0 amide bonds. The minimum atomic E-state index is -2.83. The maximum absolute atomic E-state index is 9.25. The second-order valence-corrected chi connectivity index (χ2v) is 1.97. The molecule has 0 aliphatic rings. The first-order valence-corrected chi connectivity index (χ1v) is 3.10. The van der Waals surface area contributed by atoms with Gasteiger partial charge in [0.1, 0.15) is 0 Å². The first-order valence-electron chi connectivity index (χ1n) is 1.03. The van der Waals surface area contributed by atoms with E-state index < -0.39 is 22.5 Å². The van der Waals surface area contributed by atoms with E-state index in [1.165, 1.54) is 0 Å². The molecule has 0 rings (SSSR count). The average molecular weight is 142 g/mol. The summed E-state index contributed by atoms with van der Waals surface area (Å²) >= 11 is -5.67. The van der Waals surface area contributed by atoms with Crippen LogP contribution in [-0.4, -0.2) is 17.5 Å². The van der Waals surface area contributed by atoms with Crippen LogP contribution in [0.4, 0.5) is 0 Å². The lowest BCUT2D eigenvalue weighted by Gasteiger charge is -2.25. The highest BCUT2D eigenvalue weighted by Gasteiger charge is 1.53. The van der Waals surface area contributed by atoms with Gasteiger partial charge in [0.05, 0.1) is 0 Å². The highest BCUT2D eigenvalue weighted by atomic mass is 32.3. The molecule has 0 spiro atoms. The Bertz CT molecular complexity index is 85.9. The highest BCUT2D eigenvalue weighted by Crippen LogP contribution is 1.91. The second-order valence-electron chi connectivity index (χ2n) is 0.509. The van der Waals surface area contributed by atoms with Gasteiger partial charge in [-0.05, 0) is 0 Å². The molecule has 0 bridgehead atoms. The van der Waals surface area contributed by atoms with Crippen LogP contribution in [0.1, 0.15) is 0 Å². The largest absolute Gasteiger partial charge is 0.788 e. The van der Waals surface area contributed by atoms with Crippen molar-refractivity contribution in [1.29, 1.82) is 0 Å². The van der Waals surface area contributed by atoms with Crippen molar-refractivity contribution in [2.24, 2.45) is 0 Å². The summed E-state index contributed by atoms with van der Waals surface area (Å²) in [4.78, 5) is 0. The van der Waals surface area contributed by atoms with Crippen molar-refractivity contribution in [1.82, 2.24) is 0 Å². The third-order valence-electron chi connectivity index (χ3n) is 0.122. The SMILES string of the molecule is O=S([O-])[N-]S(=O)[O-]. The maximum atomic E-state index is 9.25. The van der Waals surface area contributed by atoms with Gasteiger partial charge in [-0.3, -0.25) is 8.42 Å². The lowest BCUT2D eigenvalue weighted by molar-refractivity contribution is 0.535. The van der Waals surface area contributed by atoms with E-state index in [0.29, 0.717) is 0 Å². The summed E-state index contributed by atoms with van der Waals surface area (Å²) in [5.41, 5.74) is 0. The quantitative estimate of drug-likeness (QED) is 0.459. The Morgan fingerprint density at radius 1 is 1.14 bits per heavy atom. The molecule has 0 radical (unpaired) electrons. The third kappa shape index (κ3) is 6.18. The first kappa shape index (κ1) is 7.18. The fourth-order valence-corrected chi connectivity index (χ4v) is 0.447. The van der Waals surface area contributed by atoms with Gasteiger partial charge in [-0.25, -0.2) is 0 Å². The Morgan fingerprint density at radius 2 is 1.43 bits per heavy atom. The van der Waals surface area contributed by atoms with Crippen molar-refractivity contribution in [2.75, 3.05) is 0 Å². The molecule has 0 saturated carbocycles. The molecule has 5 nitrogen and oxygen atoms in total. The third-order valence-corrected chi connectivity index (χ3v) is 1.10. The van der Waals surface area contributed by atoms with E-state index >= 15 is 0 Å². The molecule has 0 heterocycles. The smallest absolute Gasteiger partial charge is 0.157 e. The Morgan fingerprint density at radius 3 is 1.43 bits per heavy atom. The van der Waals surface area contributed by atoms with Crippen LogP contribution < -0.4 is 0 Å². The minimum absolute atomic E-state index is 2.11. The second kappa shape index (κ2) is 3.22. The Kier molecular flexibility index (Phi) is 3.30. The molecule has 0 aromatic rings. The zero-order valence-electron chi connectivity index (χ0n) is 2.90. The molecule has 2 unspecified atom stereocenters. The molecule has 0 aliphatic carbocycles.